The molecular weight excluding hydrogens is 374 g/mol. The first-order valence-electron chi connectivity index (χ1n) is 9.08. The quantitative estimate of drug-likeness (QED) is 0.698. The number of halogens is 1. The molecule has 1 unspecified atom stereocenters. The van der Waals surface area contributed by atoms with Crippen molar-refractivity contribution in [2.24, 2.45) is 0 Å². The van der Waals surface area contributed by atoms with Crippen molar-refractivity contribution in [3.8, 4) is 0 Å². The molecule has 25 heavy (non-hydrogen) atoms. The van der Waals surface area contributed by atoms with Crippen LogP contribution in [0.3, 0.4) is 0 Å². The Morgan fingerprint density at radius 1 is 1.00 bits per heavy atom. The minimum Gasteiger partial charge on any atom is -0.375 e. The molecule has 2 aromatic carbocycles. The van der Waals surface area contributed by atoms with Gasteiger partial charge in [0.05, 0.1) is 12.7 Å². The van der Waals surface area contributed by atoms with E-state index in [1.54, 1.807) is 0 Å². The maximum absolute atomic E-state index is 6.02. The van der Waals surface area contributed by atoms with Crippen LogP contribution >= 0.6 is 15.9 Å². The van der Waals surface area contributed by atoms with Crippen molar-refractivity contribution in [3.05, 3.63) is 69.7 Å². The summed E-state index contributed by atoms with van der Waals surface area (Å²) in [7, 11) is 0. The zero-order valence-corrected chi connectivity index (χ0v) is 17.1. The zero-order valence-electron chi connectivity index (χ0n) is 15.5. The van der Waals surface area contributed by atoms with Gasteiger partial charge in [0.1, 0.15) is 0 Å². The average Bonchev–Trinajstić information content (AvgIpc) is 2.57. The Bertz CT molecular complexity index is 673. The summed E-state index contributed by atoms with van der Waals surface area (Å²) in [4.78, 5) is 2.50. The van der Waals surface area contributed by atoms with Crippen LogP contribution < -0.4 is 0 Å². The van der Waals surface area contributed by atoms with Gasteiger partial charge in [0.2, 0.25) is 0 Å². The molecule has 1 aliphatic rings. The molecule has 0 amide bonds. The van der Waals surface area contributed by atoms with E-state index in [4.69, 9.17) is 4.74 Å². The molecule has 2 nitrogen and oxygen atoms in total. The van der Waals surface area contributed by atoms with E-state index < -0.39 is 0 Å². The van der Waals surface area contributed by atoms with Crippen molar-refractivity contribution >= 4 is 15.9 Å². The fraction of sp³-hybridized carbons (Fsp3) is 0.455. The molecule has 1 saturated heterocycles. The largest absolute Gasteiger partial charge is 0.375 e. The van der Waals surface area contributed by atoms with Crippen LogP contribution in [0.4, 0.5) is 0 Å². The fourth-order valence-corrected chi connectivity index (χ4v) is 3.56. The van der Waals surface area contributed by atoms with Crippen molar-refractivity contribution < 1.29 is 4.74 Å². The highest BCUT2D eigenvalue weighted by Gasteiger charge is 2.21. The van der Waals surface area contributed by atoms with E-state index in [9.17, 15) is 0 Å². The van der Waals surface area contributed by atoms with E-state index in [0.717, 1.165) is 37.1 Å². The molecule has 0 aliphatic carbocycles. The number of nitrogens with zero attached hydrogens (tertiary/aromatic N) is 1. The van der Waals surface area contributed by atoms with Gasteiger partial charge in [0, 0.05) is 24.1 Å². The molecule has 3 rings (SSSR count). The Balaban J connectivity index is 1.57. The molecule has 2 aromatic rings. The lowest BCUT2D eigenvalue weighted by Crippen LogP contribution is -2.42. The zero-order chi connectivity index (χ0) is 17.9. The third-order valence-electron chi connectivity index (χ3n) is 4.83. The van der Waals surface area contributed by atoms with Gasteiger partial charge in [-0.15, -0.1) is 0 Å². The van der Waals surface area contributed by atoms with Crippen molar-refractivity contribution in [3.63, 3.8) is 0 Å². The second-order valence-corrected chi connectivity index (χ2v) is 8.92. The maximum Gasteiger partial charge on any atom is 0.0743 e. The highest BCUT2D eigenvalue weighted by molar-refractivity contribution is 9.10. The lowest BCUT2D eigenvalue weighted by Gasteiger charge is -2.33. The molecule has 0 saturated carbocycles. The van der Waals surface area contributed by atoms with Crippen LogP contribution in [0.25, 0.3) is 0 Å². The molecule has 134 valence electrons. The summed E-state index contributed by atoms with van der Waals surface area (Å²) >= 11 is 3.50. The molecule has 1 atom stereocenters. The number of rotatable bonds is 4. The first-order valence-corrected chi connectivity index (χ1v) is 9.87. The molecule has 1 aliphatic heterocycles. The monoisotopic (exact) mass is 401 g/mol. The standard InChI is InChI=1S/C22H28BrNO/c1-22(2,3)19-8-4-17(5-9-19)14-21-16-24(12-13-25-21)15-18-6-10-20(23)11-7-18/h4-11,21H,12-16H2,1-3H3. The summed E-state index contributed by atoms with van der Waals surface area (Å²) in [5.74, 6) is 0. The van der Waals surface area contributed by atoms with Crippen molar-refractivity contribution in [2.45, 2.75) is 45.3 Å². The molecule has 3 heteroatoms. The lowest BCUT2D eigenvalue weighted by molar-refractivity contribution is -0.0304. The number of hydrogen-bond acceptors (Lipinski definition) is 2. The number of benzene rings is 2. The fourth-order valence-electron chi connectivity index (χ4n) is 3.30. The predicted octanol–water partition coefficient (Wildman–Crippen LogP) is 5.19. The Morgan fingerprint density at radius 3 is 2.28 bits per heavy atom. The highest BCUT2D eigenvalue weighted by Crippen LogP contribution is 2.23. The predicted molar refractivity (Wildman–Crippen MR) is 108 cm³/mol. The van der Waals surface area contributed by atoms with Gasteiger partial charge >= 0.3 is 0 Å². The lowest BCUT2D eigenvalue weighted by atomic mass is 9.86. The molecule has 0 N–H and O–H groups in total. The van der Waals surface area contributed by atoms with Gasteiger partial charge in [-0.3, -0.25) is 4.90 Å². The van der Waals surface area contributed by atoms with Crippen LogP contribution in [-0.4, -0.2) is 30.7 Å². The SMILES string of the molecule is CC(C)(C)c1ccc(CC2CN(Cc3ccc(Br)cc3)CCO2)cc1. The second-order valence-electron chi connectivity index (χ2n) is 8.01. The summed E-state index contributed by atoms with van der Waals surface area (Å²) in [6.07, 6.45) is 1.27. The molecule has 0 bridgehead atoms. The Labute approximate surface area is 160 Å². The van der Waals surface area contributed by atoms with Gasteiger partial charge in [0.25, 0.3) is 0 Å². The first kappa shape index (κ1) is 18.6. The molecular formula is C22H28BrNO. The van der Waals surface area contributed by atoms with Gasteiger partial charge in [-0.1, -0.05) is 73.1 Å². The average molecular weight is 402 g/mol. The molecule has 0 spiro atoms. The Morgan fingerprint density at radius 2 is 1.64 bits per heavy atom. The normalized spacial score (nSPS) is 19.1. The van der Waals surface area contributed by atoms with Crippen molar-refractivity contribution in [1.82, 2.24) is 4.90 Å². The van der Waals surface area contributed by atoms with Gasteiger partial charge in [-0.05, 0) is 40.7 Å². The molecule has 1 heterocycles. The van der Waals surface area contributed by atoms with Crippen molar-refractivity contribution in [1.29, 1.82) is 0 Å². The summed E-state index contributed by atoms with van der Waals surface area (Å²) in [6, 6.07) is 17.7. The van der Waals surface area contributed by atoms with E-state index in [1.807, 2.05) is 0 Å². The summed E-state index contributed by atoms with van der Waals surface area (Å²) < 4.78 is 7.15. The van der Waals surface area contributed by atoms with E-state index >= 15 is 0 Å². The first-order chi connectivity index (χ1) is 11.9. The van der Waals surface area contributed by atoms with Gasteiger partial charge < -0.3 is 4.74 Å². The Kier molecular flexibility index (Phi) is 5.98. The summed E-state index contributed by atoms with van der Waals surface area (Å²) in [5, 5.41) is 0. The second kappa shape index (κ2) is 8.03. The van der Waals surface area contributed by atoms with Gasteiger partial charge in [0.15, 0.2) is 0 Å². The number of hydrogen-bond donors (Lipinski definition) is 0. The smallest absolute Gasteiger partial charge is 0.0743 e. The highest BCUT2D eigenvalue weighted by atomic mass is 79.9. The van der Waals surface area contributed by atoms with Gasteiger partial charge in [-0.25, -0.2) is 0 Å². The van der Waals surface area contributed by atoms with E-state index in [2.05, 4.69) is 90.1 Å². The molecule has 0 aromatic heterocycles. The minimum atomic E-state index is 0.210. The topological polar surface area (TPSA) is 12.5 Å². The number of morpholine rings is 1. The van der Waals surface area contributed by atoms with Crippen LogP contribution in [0, 0.1) is 0 Å². The molecule has 1 fully saturated rings. The third kappa shape index (κ3) is 5.40. The molecule has 0 radical (unpaired) electrons. The van der Waals surface area contributed by atoms with Crippen molar-refractivity contribution in [2.75, 3.05) is 19.7 Å². The van der Waals surface area contributed by atoms with Crippen LogP contribution in [0.15, 0.2) is 53.0 Å². The van der Waals surface area contributed by atoms with Crippen LogP contribution in [0.5, 0.6) is 0 Å². The van der Waals surface area contributed by atoms with Crippen LogP contribution in [0.2, 0.25) is 0 Å². The van der Waals surface area contributed by atoms with E-state index in [1.165, 1.54) is 16.7 Å². The minimum absolute atomic E-state index is 0.210. The van der Waals surface area contributed by atoms with Crippen LogP contribution in [-0.2, 0) is 23.1 Å². The Hall–Kier alpha value is -1.16. The van der Waals surface area contributed by atoms with E-state index in [-0.39, 0.29) is 11.5 Å². The summed E-state index contributed by atoms with van der Waals surface area (Å²) in [6.45, 7) is 10.6. The van der Waals surface area contributed by atoms with Crippen LogP contribution in [0.1, 0.15) is 37.5 Å². The summed E-state index contributed by atoms with van der Waals surface area (Å²) in [5.41, 5.74) is 4.32. The maximum atomic E-state index is 6.02. The van der Waals surface area contributed by atoms with E-state index in [0.29, 0.717) is 0 Å². The third-order valence-corrected chi connectivity index (χ3v) is 5.35. The number of ether oxygens (including phenoxy) is 1. The van der Waals surface area contributed by atoms with Gasteiger partial charge in [-0.2, -0.15) is 0 Å².